The van der Waals surface area contributed by atoms with E-state index in [-0.39, 0.29) is 5.91 Å². The van der Waals surface area contributed by atoms with Crippen LogP contribution in [-0.4, -0.2) is 29.0 Å². The standard InChI is InChI=1S/C23H25N5O/c1-16-11-17(2)13-20(12-16)26-22(29)18-14-24-23(25-15-18)27-19-5-7-21(8-6-19)28-9-3-4-10-28/h5-8,11-15H,3-4,9-10H2,1-2H3,(H,26,29)(H,24,25,27). The smallest absolute Gasteiger partial charge is 0.258 e. The predicted octanol–water partition coefficient (Wildman–Crippen LogP) is 4.69. The molecule has 148 valence electrons. The quantitative estimate of drug-likeness (QED) is 0.665. The summed E-state index contributed by atoms with van der Waals surface area (Å²) in [4.78, 5) is 23.4. The Morgan fingerprint density at radius 1 is 0.897 bits per heavy atom. The molecule has 1 aliphatic rings. The van der Waals surface area contributed by atoms with Crippen molar-refractivity contribution in [2.45, 2.75) is 26.7 Å². The maximum atomic E-state index is 12.5. The van der Waals surface area contributed by atoms with E-state index in [1.54, 1.807) is 0 Å². The second-order valence-electron chi connectivity index (χ2n) is 7.49. The molecule has 0 aliphatic carbocycles. The van der Waals surface area contributed by atoms with Gasteiger partial charge in [-0.25, -0.2) is 9.97 Å². The molecule has 0 saturated carbocycles. The van der Waals surface area contributed by atoms with Crippen molar-refractivity contribution in [3.63, 3.8) is 0 Å². The lowest BCUT2D eigenvalue weighted by atomic mass is 10.1. The highest BCUT2D eigenvalue weighted by atomic mass is 16.1. The fourth-order valence-corrected chi connectivity index (χ4v) is 3.62. The summed E-state index contributed by atoms with van der Waals surface area (Å²) >= 11 is 0. The predicted molar refractivity (Wildman–Crippen MR) is 117 cm³/mol. The van der Waals surface area contributed by atoms with Crippen LogP contribution in [0.25, 0.3) is 0 Å². The molecule has 1 fully saturated rings. The Labute approximate surface area is 171 Å². The Morgan fingerprint density at radius 2 is 1.52 bits per heavy atom. The first-order chi connectivity index (χ1) is 14.1. The van der Waals surface area contributed by atoms with Crippen molar-refractivity contribution in [1.29, 1.82) is 0 Å². The van der Waals surface area contributed by atoms with Gasteiger partial charge in [0.15, 0.2) is 0 Å². The minimum atomic E-state index is -0.225. The molecule has 0 spiro atoms. The number of nitrogens with one attached hydrogen (secondary N) is 2. The molecule has 1 aliphatic heterocycles. The third kappa shape index (κ3) is 4.71. The summed E-state index contributed by atoms with van der Waals surface area (Å²) < 4.78 is 0. The minimum absolute atomic E-state index is 0.225. The van der Waals surface area contributed by atoms with Crippen LogP contribution in [-0.2, 0) is 0 Å². The lowest BCUT2D eigenvalue weighted by molar-refractivity contribution is 0.102. The van der Waals surface area contributed by atoms with Gasteiger partial charge in [0.25, 0.3) is 5.91 Å². The van der Waals surface area contributed by atoms with E-state index >= 15 is 0 Å². The van der Waals surface area contributed by atoms with Crippen molar-refractivity contribution in [3.8, 4) is 0 Å². The molecule has 0 radical (unpaired) electrons. The van der Waals surface area contributed by atoms with Crippen molar-refractivity contribution >= 4 is 28.9 Å². The number of anilines is 4. The van der Waals surface area contributed by atoms with E-state index in [1.807, 2.05) is 38.1 Å². The average Bonchev–Trinajstić information content (AvgIpc) is 3.23. The molecule has 4 rings (SSSR count). The Bertz CT molecular complexity index is 973. The molecule has 2 N–H and O–H groups in total. The van der Waals surface area contributed by atoms with Crippen LogP contribution < -0.4 is 15.5 Å². The zero-order chi connectivity index (χ0) is 20.2. The van der Waals surface area contributed by atoms with Crippen LogP contribution in [0.2, 0.25) is 0 Å². The fraction of sp³-hybridized carbons (Fsp3) is 0.261. The van der Waals surface area contributed by atoms with Gasteiger partial charge >= 0.3 is 0 Å². The zero-order valence-corrected chi connectivity index (χ0v) is 16.8. The van der Waals surface area contributed by atoms with Gasteiger partial charge in [0.2, 0.25) is 5.95 Å². The Morgan fingerprint density at radius 3 is 2.14 bits per heavy atom. The van der Waals surface area contributed by atoms with Crippen molar-refractivity contribution in [2.24, 2.45) is 0 Å². The van der Waals surface area contributed by atoms with E-state index in [2.05, 4.69) is 43.7 Å². The highest BCUT2D eigenvalue weighted by molar-refractivity contribution is 6.04. The second-order valence-corrected chi connectivity index (χ2v) is 7.49. The number of hydrogen-bond donors (Lipinski definition) is 2. The maximum Gasteiger partial charge on any atom is 0.258 e. The molecular formula is C23H25N5O. The van der Waals surface area contributed by atoms with Gasteiger partial charge in [0.05, 0.1) is 5.56 Å². The summed E-state index contributed by atoms with van der Waals surface area (Å²) in [6.07, 6.45) is 5.59. The van der Waals surface area contributed by atoms with E-state index in [0.717, 1.165) is 35.6 Å². The van der Waals surface area contributed by atoms with E-state index in [1.165, 1.54) is 30.9 Å². The van der Waals surface area contributed by atoms with Crippen molar-refractivity contribution in [3.05, 3.63) is 71.5 Å². The third-order valence-corrected chi connectivity index (χ3v) is 4.99. The Hall–Kier alpha value is -3.41. The van der Waals surface area contributed by atoms with E-state index in [0.29, 0.717) is 11.5 Å². The minimum Gasteiger partial charge on any atom is -0.372 e. The number of benzene rings is 2. The molecule has 1 aromatic heterocycles. The molecule has 3 aromatic rings. The van der Waals surface area contributed by atoms with Gasteiger partial charge in [0.1, 0.15) is 0 Å². The van der Waals surface area contributed by atoms with Crippen LogP contribution in [0.5, 0.6) is 0 Å². The summed E-state index contributed by atoms with van der Waals surface area (Å²) in [5, 5.41) is 6.08. The largest absolute Gasteiger partial charge is 0.372 e. The summed E-state index contributed by atoms with van der Waals surface area (Å²) in [6, 6.07) is 14.2. The highest BCUT2D eigenvalue weighted by Gasteiger charge is 2.12. The Balaban J connectivity index is 1.39. The number of rotatable bonds is 5. The topological polar surface area (TPSA) is 70.2 Å². The first-order valence-corrected chi connectivity index (χ1v) is 9.90. The van der Waals surface area contributed by atoms with Crippen LogP contribution >= 0.6 is 0 Å². The van der Waals surface area contributed by atoms with Crippen molar-refractivity contribution in [1.82, 2.24) is 9.97 Å². The van der Waals surface area contributed by atoms with Gasteiger partial charge in [-0.15, -0.1) is 0 Å². The normalized spacial score (nSPS) is 13.4. The summed E-state index contributed by atoms with van der Waals surface area (Å²) in [7, 11) is 0. The number of amides is 1. The number of carbonyl (C=O) groups is 1. The zero-order valence-electron chi connectivity index (χ0n) is 16.8. The van der Waals surface area contributed by atoms with E-state index in [9.17, 15) is 4.79 Å². The maximum absolute atomic E-state index is 12.5. The molecule has 1 amide bonds. The van der Waals surface area contributed by atoms with E-state index < -0.39 is 0 Å². The number of nitrogens with zero attached hydrogens (tertiary/aromatic N) is 3. The molecule has 1 saturated heterocycles. The van der Waals surface area contributed by atoms with Crippen LogP contribution in [0.3, 0.4) is 0 Å². The van der Waals surface area contributed by atoms with Crippen LogP contribution in [0.15, 0.2) is 54.9 Å². The first-order valence-electron chi connectivity index (χ1n) is 9.90. The summed E-state index contributed by atoms with van der Waals surface area (Å²) in [5.41, 5.74) is 5.55. The number of aryl methyl sites for hydroxylation is 2. The molecule has 6 nitrogen and oxygen atoms in total. The monoisotopic (exact) mass is 387 g/mol. The number of hydrogen-bond acceptors (Lipinski definition) is 5. The molecule has 0 atom stereocenters. The molecule has 6 heteroatoms. The van der Waals surface area contributed by atoms with Crippen LogP contribution in [0, 0.1) is 13.8 Å². The van der Waals surface area contributed by atoms with Gasteiger partial charge in [-0.1, -0.05) is 6.07 Å². The average molecular weight is 387 g/mol. The SMILES string of the molecule is Cc1cc(C)cc(NC(=O)c2cnc(Nc3ccc(N4CCCC4)cc3)nc2)c1. The third-order valence-electron chi connectivity index (χ3n) is 4.99. The molecule has 2 aromatic carbocycles. The molecule has 29 heavy (non-hydrogen) atoms. The fourth-order valence-electron chi connectivity index (χ4n) is 3.62. The van der Waals surface area contributed by atoms with Gasteiger partial charge in [0, 0.05) is 42.5 Å². The molecular weight excluding hydrogens is 362 g/mol. The molecule has 0 unspecified atom stereocenters. The summed E-state index contributed by atoms with van der Waals surface area (Å²) in [5.74, 6) is 0.235. The van der Waals surface area contributed by atoms with E-state index in [4.69, 9.17) is 0 Å². The molecule has 2 heterocycles. The first kappa shape index (κ1) is 18.9. The van der Waals surface area contributed by atoms with Gasteiger partial charge < -0.3 is 15.5 Å². The van der Waals surface area contributed by atoms with Crippen LogP contribution in [0.1, 0.15) is 34.3 Å². The van der Waals surface area contributed by atoms with Crippen molar-refractivity contribution < 1.29 is 4.79 Å². The highest BCUT2D eigenvalue weighted by Crippen LogP contribution is 2.23. The van der Waals surface area contributed by atoms with Crippen molar-refractivity contribution in [2.75, 3.05) is 28.6 Å². The van der Waals surface area contributed by atoms with Gasteiger partial charge in [-0.3, -0.25) is 4.79 Å². The number of aromatic nitrogens is 2. The Kier molecular flexibility index (Phi) is 5.42. The molecule has 0 bridgehead atoms. The number of carbonyl (C=O) groups excluding carboxylic acids is 1. The van der Waals surface area contributed by atoms with Gasteiger partial charge in [-0.2, -0.15) is 0 Å². The van der Waals surface area contributed by atoms with Crippen LogP contribution in [0.4, 0.5) is 23.0 Å². The summed E-state index contributed by atoms with van der Waals surface area (Å²) in [6.45, 7) is 6.26. The lowest BCUT2D eigenvalue weighted by Gasteiger charge is -2.17. The lowest BCUT2D eigenvalue weighted by Crippen LogP contribution is -2.17. The van der Waals surface area contributed by atoms with Gasteiger partial charge in [-0.05, 0) is 74.2 Å². The second kappa shape index (κ2) is 8.31.